The quantitative estimate of drug-likeness (QED) is 0.868. The van der Waals surface area contributed by atoms with E-state index in [0.29, 0.717) is 11.1 Å². The van der Waals surface area contributed by atoms with Gasteiger partial charge in [0.1, 0.15) is 17.2 Å². The minimum atomic E-state index is 0.481. The molecule has 5 heteroatoms. The number of halogens is 1. The maximum Gasteiger partial charge on any atom is 0.148 e. The average Bonchev–Trinajstić information content (AvgIpc) is 2.41. The second kappa shape index (κ2) is 6.27. The average molecular weight is 298 g/mol. The van der Waals surface area contributed by atoms with Crippen LogP contribution < -0.4 is 5.32 Å². The molecule has 0 spiro atoms. The molecule has 1 fully saturated rings. The molecule has 1 aromatic rings. The van der Waals surface area contributed by atoms with Crippen LogP contribution in [0.4, 0.5) is 5.82 Å². The van der Waals surface area contributed by atoms with Gasteiger partial charge in [0, 0.05) is 18.9 Å². The van der Waals surface area contributed by atoms with Gasteiger partial charge in [-0.05, 0) is 19.3 Å². The molecule has 1 aliphatic carbocycles. The molecule has 0 unspecified atom stereocenters. The Labute approximate surface area is 127 Å². The molecule has 1 aromatic heterocycles. The Morgan fingerprint density at radius 2 is 1.85 bits per heavy atom. The van der Waals surface area contributed by atoms with Crippen molar-refractivity contribution < 1.29 is 4.48 Å². The van der Waals surface area contributed by atoms with Crippen molar-refractivity contribution in [2.24, 2.45) is 0 Å². The molecule has 0 amide bonds. The van der Waals surface area contributed by atoms with Crippen molar-refractivity contribution in [3.63, 3.8) is 0 Å². The number of aryl methyl sites for hydroxylation is 1. The summed E-state index contributed by atoms with van der Waals surface area (Å²) in [5, 5.41) is 4.19. The number of quaternary nitrogens is 1. The topological polar surface area (TPSA) is 37.8 Å². The van der Waals surface area contributed by atoms with Crippen LogP contribution in [0.1, 0.15) is 38.3 Å². The number of rotatable bonds is 4. The summed E-state index contributed by atoms with van der Waals surface area (Å²) >= 11 is 6.34. The zero-order valence-corrected chi connectivity index (χ0v) is 13.7. The van der Waals surface area contributed by atoms with Crippen LogP contribution in [0.15, 0.2) is 6.33 Å². The first-order chi connectivity index (χ1) is 9.41. The van der Waals surface area contributed by atoms with Gasteiger partial charge in [-0.2, -0.15) is 0 Å². The summed E-state index contributed by atoms with van der Waals surface area (Å²) in [6.45, 7) is 2.06. The van der Waals surface area contributed by atoms with E-state index in [-0.39, 0.29) is 0 Å². The van der Waals surface area contributed by atoms with E-state index in [1.54, 1.807) is 6.33 Å². The van der Waals surface area contributed by atoms with Gasteiger partial charge >= 0.3 is 0 Å². The molecule has 0 aliphatic heterocycles. The van der Waals surface area contributed by atoms with Gasteiger partial charge in [0.25, 0.3) is 0 Å². The maximum absolute atomic E-state index is 6.34. The first kappa shape index (κ1) is 15.5. The van der Waals surface area contributed by atoms with Crippen molar-refractivity contribution in [1.29, 1.82) is 0 Å². The molecule has 0 bridgehead atoms. The van der Waals surface area contributed by atoms with Gasteiger partial charge in [0.2, 0.25) is 0 Å². The van der Waals surface area contributed by atoms with E-state index in [4.69, 9.17) is 11.6 Å². The lowest BCUT2D eigenvalue weighted by Crippen LogP contribution is -2.48. The van der Waals surface area contributed by atoms with Crippen molar-refractivity contribution >= 4 is 17.4 Å². The highest BCUT2D eigenvalue weighted by Gasteiger charge is 2.30. The predicted octanol–water partition coefficient (Wildman–Crippen LogP) is 3.12. The number of anilines is 1. The number of aromatic nitrogens is 2. The van der Waals surface area contributed by atoms with Crippen LogP contribution in [0.3, 0.4) is 0 Å². The van der Waals surface area contributed by atoms with Gasteiger partial charge in [0.05, 0.1) is 32.9 Å². The minimum Gasteiger partial charge on any atom is -0.366 e. The van der Waals surface area contributed by atoms with Gasteiger partial charge in [-0.1, -0.05) is 18.5 Å². The van der Waals surface area contributed by atoms with E-state index in [2.05, 4.69) is 43.4 Å². The van der Waals surface area contributed by atoms with E-state index in [9.17, 15) is 0 Å². The van der Waals surface area contributed by atoms with E-state index in [1.807, 2.05) is 0 Å². The zero-order valence-electron chi connectivity index (χ0n) is 13.0. The molecule has 0 radical (unpaired) electrons. The Kier molecular flexibility index (Phi) is 4.86. The van der Waals surface area contributed by atoms with Crippen molar-refractivity contribution in [2.45, 2.75) is 51.1 Å². The van der Waals surface area contributed by atoms with Crippen molar-refractivity contribution in [3.8, 4) is 0 Å². The first-order valence-corrected chi connectivity index (χ1v) is 7.86. The number of nitrogens with zero attached hydrogens (tertiary/aromatic N) is 3. The summed E-state index contributed by atoms with van der Waals surface area (Å²) in [7, 11) is 6.85. The Bertz CT molecular complexity index is 448. The summed E-state index contributed by atoms with van der Waals surface area (Å²) in [4.78, 5) is 8.50. The molecule has 0 aromatic carbocycles. The molecule has 1 N–H and O–H groups in total. The molecule has 0 atom stereocenters. The third kappa shape index (κ3) is 3.61. The molecule has 1 heterocycles. The first-order valence-electron chi connectivity index (χ1n) is 7.48. The smallest absolute Gasteiger partial charge is 0.148 e. The van der Waals surface area contributed by atoms with Crippen molar-refractivity contribution in [1.82, 2.24) is 9.97 Å². The van der Waals surface area contributed by atoms with E-state index < -0.39 is 0 Å². The van der Waals surface area contributed by atoms with E-state index >= 15 is 0 Å². The fourth-order valence-electron chi connectivity index (χ4n) is 2.94. The van der Waals surface area contributed by atoms with Gasteiger partial charge in [-0.25, -0.2) is 9.97 Å². The highest BCUT2D eigenvalue weighted by Crippen LogP contribution is 2.29. The van der Waals surface area contributed by atoms with Gasteiger partial charge in [-0.15, -0.1) is 0 Å². The summed E-state index contributed by atoms with van der Waals surface area (Å²) in [5.41, 5.74) is 0.921. The second-order valence-corrected chi connectivity index (χ2v) is 6.98. The Hall–Kier alpha value is -0.870. The number of nitrogens with one attached hydrogen (secondary N) is 1. The second-order valence-electron chi connectivity index (χ2n) is 6.60. The van der Waals surface area contributed by atoms with E-state index in [1.165, 1.54) is 25.7 Å². The summed E-state index contributed by atoms with van der Waals surface area (Å²) in [6, 6.07) is 1.25. The Balaban J connectivity index is 1.96. The Morgan fingerprint density at radius 3 is 2.40 bits per heavy atom. The van der Waals surface area contributed by atoms with Crippen molar-refractivity contribution in [3.05, 3.63) is 17.0 Å². The fourth-order valence-corrected chi connectivity index (χ4v) is 3.23. The molecule has 20 heavy (non-hydrogen) atoms. The SMILES string of the molecule is CCc1ncnc(NC2CCC([N+](C)(C)C)CC2)c1Cl. The standard InChI is InChI=1S/C15H26ClN4/c1-5-13-14(16)15(18-10-17-13)19-11-6-8-12(9-7-11)20(2,3)4/h10-12H,5-9H2,1-4H3,(H,17,18,19)/q+1. The summed E-state index contributed by atoms with van der Waals surface area (Å²) < 4.78 is 1.06. The van der Waals surface area contributed by atoms with Gasteiger partial charge in [0.15, 0.2) is 0 Å². The highest BCUT2D eigenvalue weighted by molar-refractivity contribution is 6.33. The molecule has 1 saturated carbocycles. The third-order valence-electron chi connectivity index (χ3n) is 4.33. The highest BCUT2D eigenvalue weighted by atomic mass is 35.5. The van der Waals surface area contributed by atoms with Gasteiger partial charge in [-0.3, -0.25) is 0 Å². The third-order valence-corrected chi connectivity index (χ3v) is 4.73. The van der Waals surface area contributed by atoms with Gasteiger partial charge < -0.3 is 9.80 Å². The molecule has 112 valence electrons. The monoisotopic (exact) mass is 297 g/mol. The van der Waals surface area contributed by atoms with Crippen LogP contribution in [-0.2, 0) is 6.42 Å². The van der Waals surface area contributed by atoms with Crippen LogP contribution >= 0.6 is 11.6 Å². The summed E-state index contributed by atoms with van der Waals surface area (Å²) in [6.07, 6.45) is 7.31. The lowest BCUT2D eigenvalue weighted by molar-refractivity contribution is -0.897. The normalized spacial score (nSPS) is 23.6. The molecular weight excluding hydrogens is 272 g/mol. The van der Waals surface area contributed by atoms with Crippen LogP contribution in [0.2, 0.25) is 5.02 Å². The number of hydrogen-bond donors (Lipinski definition) is 1. The van der Waals surface area contributed by atoms with E-state index in [0.717, 1.165) is 28.5 Å². The van der Waals surface area contributed by atoms with Crippen LogP contribution in [-0.4, -0.2) is 47.7 Å². The molecular formula is C15H26ClN4+. The zero-order chi connectivity index (χ0) is 14.8. The molecule has 4 nitrogen and oxygen atoms in total. The summed E-state index contributed by atoms with van der Waals surface area (Å²) in [5.74, 6) is 0.798. The lowest BCUT2D eigenvalue weighted by atomic mass is 9.89. The molecule has 0 saturated heterocycles. The minimum absolute atomic E-state index is 0.481. The predicted molar refractivity (Wildman–Crippen MR) is 84.1 cm³/mol. The van der Waals surface area contributed by atoms with Crippen LogP contribution in [0.25, 0.3) is 0 Å². The lowest BCUT2D eigenvalue weighted by Gasteiger charge is -2.39. The Morgan fingerprint density at radius 1 is 1.20 bits per heavy atom. The van der Waals surface area contributed by atoms with Crippen molar-refractivity contribution in [2.75, 3.05) is 26.5 Å². The van der Waals surface area contributed by atoms with Crippen LogP contribution in [0, 0.1) is 0 Å². The molecule has 2 rings (SSSR count). The molecule has 1 aliphatic rings. The largest absolute Gasteiger partial charge is 0.366 e. The van der Waals surface area contributed by atoms with Crippen LogP contribution in [0.5, 0.6) is 0 Å². The maximum atomic E-state index is 6.34. The number of hydrogen-bond acceptors (Lipinski definition) is 3. The fraction of sp³-hybridized carbons (Fsp3) is 0.733.